The Morgan fingerprint density at radius 2 is 1.83 bits per heavy atom. The molecule has 188 valence electrons. The summed E-state index contributed by atoms with van der Waals surface area (Å²) in [7, 11) is 0. The molecular formula is C27H33N7O2. The summed E-state index contributed by atoms with van der Waals surface area (Å²) in [5, 5.41) is 28.3. The Morgan fingerprint density at radius 3 is 2.53 bits per heavy atom. The largest absolute Gasteiger partial charge is 0.481 e. The van der Waals surface area contributed by atoms with Crippen LogP contribution in [0.25, 0.3) is 22.5 Å². The summed E-state index contributed by atoms with van der Waals surface area (Å²) in [6.07, 6.45) is 7.63. The number of unbranched alkanes of at least 4 members (excludes halogenated alkanes) is 3. The van der Waals surface area contributed by atoms with Crippen molar-refractivity contribution in [1.82, 2.24) is 35.4 Å². The number of hydrogen-bond acceptors (Lipinski definition) is 6. The van der Waals surface area contributed by atoms with E-state index >= 15 is 0 Å². The standard InChI is InChI=1S/C27H33N7O2/c1-3-4-5-6-9-22(16-19(2)27(35)36)26-28-18-29-34(26)17-20-12-14-21(15-13-20)23-10-7-8-11-24(23)25-30-32-33-31-25/h7-8,10-15,18-19,22H,3-6,9,16-17H2,1-2H3,(H,35,36)(H,30,31,32,33). The lowest BCUT2D eigenvalue weighted by atomic mass is 9.90. The van der Waals surface area contributed by atoms with Gasteiger partial charge in [-0.25, -0.2) is 14.8 Å². The predicted octanol–water partition coefficient (Wildman–Crippen LogP) is 5.34. The van der Waals surface area contributed by atoms with E-state index in [0.29, 0.717) is 18.8 Å². The quantitative estimate of drug-likeness (QED) is 0.244. The van der Waals surface area contributed by atoms with Gasteiger partial charge in [-0.05, 0) is 40.0 Å². The zero-order valence-corrected chi connectivity index (χ0v) is 20.8. The van der Waals surface area contributed by atoms with Crippen molar-refractivity contribution in [2.24, 2.45) is 5.92 Å². The lowest BCUT2D eigenvalue weighted by molar-refractivity contribution is -0.141. The van der Waals surface area contributed by atoms with Gasteiger partial charge in [-0.1, -0.05) is 88.1 Å². The van der Waals surface area contributed by atoms with Gasteiger partial charge in [0.15, 0.2) is 5.82 Å². The van der Waals surface area contributed by atoms with Crippen LogP contribution < -0.4 is 0 Å². The van der Waals surface area contributed by atoms with E-state index in [1.165, 1.54) is 12.8 Å². The molecule has 4 rings (SSSR count). The minimum absolute atomic E-state index is 0.0668. The van der Waals surface area contributed by atoms with Gasteiger partial charge in [-0.2, -0.15) is 5.10 Å². The average molecular weight is 488 g/mol. The van der Waals surface area contributed by atoms with E-state index in [1.54, 1.807) is 13.3 Å². The summed E-state index contributed by atoms with van der Waals surface area (Å²) in [4.78, 5) is 16.1. The number of tetrazole rings is 1. The summed E-state index contributed by atoms with van der Waals surface area (Å²) in [6, 6.07) is 16.4. The minimum Gasteiger partial charge on any atom is -0.481 e. The molecule has 2 heterocycles. The predicted molar refractivity (Wildman–Crippen MR) is 137 cm³/mol. The highest BCUT2D eigenvalue weighted by molar-refractivity contribution is 5.80. The topological polar surface area (TPSA) is 122 Å². The Hall–Kier alpha value is -3.88. The van der Waals surface area contributed by atoms with Gasteiger partial charge < -0.3 is 5.11 Å². The Kier molecular flexibility index (Phi) is 8.54. The van der Waals surface area contributed by atoms with Crippen molar-refractivity contribution >= 4 is 5.97 Å². The molecule has 36 heavy (non-hydrogen) atoms. The van der Waals surface area contributed by atoms with E-state index in [4.69, 9.17) is 0 Å². The zero-order valence-electron chi connectivity index (χ0n) is 20.8. The molecule has 0 bridgehead atoms. The third-order valence-corrected chi connectivity index (χ3v) is 6.60. The average Bonchev–Trinajstić information content (AvgIpc) is 3.59. The van der Waals surface area contributed by atoms with Gasteiger partial charge in [0.05, 0.1) is 12.5 Å². The van der Waals surface area contributed by atoms with Crippen LogP contribution in [0.4, 0.5) is 0 Å². The number of carboxylic acid groups (broad SMARTS) is 1. The molecule has 2 unspecified atom stereocenters. The van der Waals surface area contributed by atoms with E-state index in [9.17, 15) is 9.90 Å². The minimum atomic E-state index is -0.767. The maximum Gasteiger partial charge on any atom is 0.306 e. The Bertz CT molecular complexity index is 1240. The summed E-state index contributed by atoms with van der Waals surface area (Å²) < 4.78 is 1.92. The smallest absolute Gasteiger partial charge is 0.306 e. The molecular weight excluding hydrogens is 454 g/mol. The van der Waals surface area contributed by atoms with Gasteiger partial charge in [0.1, 0.15) is 12.2 Å². The van der Waals surface area contributed by atoms with Gasteiger partial charge in [-0.3, -0.25) is 4.79 Å². The maximum absolute atomic E-state index is 11.5. The van der Waals surface area contributed by atoms with Crippen LogP contribution in [0.5, 0.6) is 0 Å². The first-order chi connectivity index (χ1) is 17.6. The fraction of sp³-hybridized carbons (Fsp3) is 0.407. The second-order valence-corrected chi connectivity index (χ2v) is 9.29. The van der Waals surface area contributed by atoms with Gasteiger partial charge >= 0.3 is 5.97 Å². The summed E-state index contributed by atoms with van der Waals surface area (Å²) in [5.41, 5.74) is 4.14. The molecule has 0 amide bonds. The van der Waals surface area contributed by atoms with Crippen molar-refractivity contribution in [3.05, 3.63) is 66.2 Å². The molecule has 2 atom stereocenters. The van der Waals surface area contributed by atoms with Gasteiger partial charge in [0, 0.05) is 11.5 Å². The number of rotatable bonds is 13. The van der Waals surface area contributed by atoms with Gasteiger partial charge in [0.25, 0.3) is 0 Å². The van der Waals surface area contributed by atoms with E-state index in [0.717, 1.165) is 47.3 Å². The van der Waals surface area contributed by atoms with Crippen LogP contribution in [-0.4, -0.2) is 46.5 Å². The third-order valence-electron chi connectivity index (χ3n) is 6.60. The number of aromatic nitrogens is 7. The van der Waals surface area contributed by atoms with Crippen LogP contribution in [0.15, 0.2) is 54.9 Å². The lowest BCUT2D eigenvalue weighted by Crippen LogP contribution is -2.18. The molecule has 0 radical (unpaired) electrons. The van der Waals surface area contributed by atoms with Crippen molar-refractivity contribution in [3.63, 3.8) is 0 Å². The normalized spacial score (nSPS) is 12.9. The van der Waals surface area contributed by atoms with Crippen molar-refractivity contribution < 1.29 is 9.90 Å². The van der Waals surface area contributed by atoms with Crippen LogP contribution in [0, 0.1) is 5.92 Å². The number of hydrogen-bond donors (Lipinski definition) is 2. The number of carbonyl (C=O) groups is 1. The number of nitrogens with zero attached hydrogens (tertiary/aromatic N) is 6. The van der Waals surface area contributed by atoms with Crippen LogP contribution in [-0.2, 0) is 11.3 Å². The Balaban J connectivity index is 1.52. The molecule has 2 aromatic heterocycles. The molecule has 0 fully saturated rings. The van der Waals surface area contributed by atoms with Crippen LogP contribution in [0.1, 0.15) is 69.7 Å². The molecule has 0 saturated carbocycles. The number of H-pyrrole nitrogens is 1. The van der Waals surface area contributed by atoms with E-state index in [2.05, 4.69) is 68.0 Å². The van der Waals surface area contributed by atoms with E-state index in [1.807, 2.05) is 22.9 Å². The van der Waals surface area contributed by atoms with Gasteiger partial charge in [0.2, 0.25) is 0 Å². The van der Waals surface area contributed by atoms with Crippen molar-refractivity contribution in [1.29, 1.82) is 0 Å². The molecule has 0 spiro atoms. The second-order valence-electron chi connectivity index (χ2n) is 9.29. The fourth-order valence-corrected chi connectivity index (χ4v) is 4.59. The highest BCUT2D eigenvalue weighted by Crippen LogP contribution is 2.31. The molecule has 0 aliphatic heterocycles. The van der Waals surface area contributed by atoms with Crippen LogP contribution in [0.3, 0.4) is 0 Å². The molecule has 9 nitrogen and oxygen atoms in total. The number of benzene rings is 2. The number of nitrogens with one attached hydrogen (secondary N) is 1. The number of aliphatic carboxylic acids is 1. The first kappa shape index (κ1) is 25.2. The summed E-state index contributed by atoms with van der Waals surface area (Å²) in [6.45, 7) is 4.54. The van der Waals surface area contributed by atoms with Crippen LogP contribution >= 0.6 is 0 Å². The van der Waals surface area contributed by atoms with Crippen molar-refractivity contribution in [3.8, 4) is 22.5 Å². The second kappa shape index (κ2) is 12.2. The zero-order chi connectivity index (χ0) is 25.3. The van der Waals surface area contributed by atoms with Gasteiger partial charge in [-0.15, -0.1) is 5.10 Å². The first-order valence-corrected chi connectivity index (χ1v) is 12.6. The molecule has 0 aliphatic rings. The Labute approximate surface area is 211 Å². The highest BCUT2D eigenvalue weighted by atomic mass is 16.4. The van der Waals surface area contributed by atoms with E-state index in [-0.39, 0.29) is 5.92 Å². The third kappa shape index (κ3) is 6.21. The molecule has 2 N–H and O–H groups in total. The lowest BCUT2D eigenvalue weighted by Gasteiger charge is -2.19. The molecule has 0 aliphatic carbocycles. The summed E-state index contributed by atoms with van der Waals surface area (Å²) in [5.74, 6) is 0.369. The SMILES string of the molecule is CCCCCCC(CC(C)C(=O)O)c1ncnn1Cc1ccc(-c2ccccc2-c2nnn[nH]2)cc1. The number of aromatic amines is 1. The fourth-order valence-electron chi connectivity index (χ4n) is 4.59. The number of carboxylic acids is 1. The monoisotopic (exact) mass is 487 g/mol. The molecule has 9 heteroatoms. The van der Waals surface area contributed by atoms with Crippen molar-refractivity contribution in [2.75, 3.05) is 0 Å². The van der Waals surface area contributed by atoms with Crippen LogP contribution in [0.2, 0.25) is 0 Å². The maximum atomic E-state index is 11.5. The summed E-state index contributed by atoms with van der Waals surface area (Å²) >= 11 is 0. The molecule has 4 aromatic rings. The Morgan fingerprint density at radius 1 is 1.06 bits per heavy atom. The van der Waals surface area contributed by atoms with E-state index < -0.39 is 11.9 Å². The first-order valence-electron chi connectivity index (χ1n) is 12.6. The molecule has 0 saturated heterocycles. The van der Waals surface area contributed by atoms with Crippen molar-refractivity contribution in [2.45, 2.75) is 64.8 Å². The molecule has 2 aromatic carbocycles. The highest BCUT2D eigenvalue weighted by Gasteiger charge is 2.24.